The van der Waals surface area contributed by atoms with Gasteiger partial charge in [0, 0.05) is 6.42 Å². The summed E-state index contributed by atoms with van der Waals surface area (Å²) in [6.07, 6.45) is 26.8. The fourth-order valence-electron chi connectivity index (χ4n) is 6.51. The minimum Gasteiger partial charge on any atom is -0.394 e. The van der Waals surface area contributed by atoms with Gasteiger partial charge in [-0.15, -0.1) is 0 Å². The molecule has 0 aromatic carbocycles. The molecule has 1 rings (SSSR count). The molecule has 0 saturated carbocycles. The van der Waals surface area contributed by atoms with Crippen LogP contribution in [0.1, 0.15) is 181 Å². The highest BCUT2D eigenvalue weighted by atomic mass is 16.7. The van der Waals surface area contributed by atoms with Crippen molar-refractivity contribution in [3.63, 3.8) is 0 Å². The van der Waals surface area contributed by atoms with Crippen LogP contribution in [0.15, 0.2) is 12.2 Å². The summed E-state index contributed by atoms with van der Waals surface area (Å²) in [7, 11) is 0. The maximum absolute atomic E-state index is 12.9. The quantitative estimate of drug-likeness (QED) is 0.0307. The first-order chi connectivity index (χ1) is 23.8. The zero-order valence-corrected chi connectivity index (χ0v) is 31.5. The van der Waals surface area contributed by atoms with Crippen LogP contribution in [-0.4, -0.2) is 87.5 Å². The molecule has 0 aromatic rings. The Balaban J connectivity index is 2.40. The molecule has 0 aromatic heterocycles. The molecular formula is C40H77NO8. The van der Waals surface area contributed by atoms with Crippen molar-refractivity contribution < 1.29 is 39.8 Å². The first-order valence-corrected chi connectivity index (χ1v) is 20.4. The van der Waals surface area contributed by atoms with Gasteiger partial charge in [-0.3, -0.25) is 4.79 Å². The SMILES string of the molecule is CCCCCCCCCCC/C=C\[C@@H](O)[C@H](CO[C@@H]1O[C@H](CO)[C@@H](O)[C@H](O)[C@H]1O)NC(=O)CCCCCCCCCCCCCCCCC. The number of hydrogen-bond acceptors (Lipinski definition) is 8. The Morgan fingerprint density at radius 2 is 1.12 bits per heavy atom. The highest BCUT2D eigenvalue weighted by Crippen LogP contribution is 2.22. The van der Waals surface area contributed by atoms with Crippen LogP contribution in [0.4, 0.5) is 0 Å². The highest BCUT2D eigenvalue weighted by Gasteiger charge is 2.44. The molecule has 49 heavy (non-hydrogen) atoms. The molecule has 0 unspecified atom stereocenters. The van der Waals surface area contributed by atoms with Crippen molar-refractivity contribution in [2.45, 2.75) is 224 Å². The van der Waals surface area contributed by atoms with Crippen LogP contribution in [0.3, 0.4) is 0 Å². The third-order valence-electron chi connectivity index (χ3n) is 9.86. The van der Waals surface area contributed by atoms with E-state index in [9.17, 15) is 30.3 Å². The van der Waals surface area contributed by atoms with E-state index in [1.807, 2.05) is 6.08 Å². The lowest BCUT2D eigenvalue weighted by Crippen LogP contribution is -2.60. The largest absolute Gasteiger partial charge is 0.394 e. The number of carbonyl (C=O) groups excluding carboxylic acids is 1. The summed E-state index contributed by atoms with van der Waals surface area (Å²) in [4.78, 5) is 12.9. The van der Waals surface area contributed by atoms with Gasteiger partial charge in [-0.05, 0) is 19.3 Å². The minimum atomic E-state index is -1.56. The van der Waals surface area contributed by atoms with E-state index < -0.39 is 49.5 Å². The second-order valence-electron chi connectivity index (χ2n) is 14.4. The normalized spacial score (nSPS) is 22.5. The monoisotopic (exact) mass is 700 g/mol. The van der Waals surface area contributed by atoms with Crippen molar-refractivity contribution in [2.75, 3.05) is 13.2 Å². The van der Waals surface area contributed by atoms with E-state index >= 15 is 0 Å². The van der Waals surface area contributed by atoms with Gasteiger partial charge >= 0.3 is 0 Å². The Kier molecular flexibility index (Phi) is 29.7. The highest BCUT2D eigenvalue weighted by molar-refractivity contribution is 5.76. The number of carbonyl (C=O) groups is 1. The van der Waals surface area contributed by atoms with Crippen LogP contribution in [-0.2, 0) is 14.3 Å². The maximum Gasteiger partial charge on any atom is 0.220 e. The first-order valence-electron chi connectivity index (χ1n) is 20.4. The fourth-order valence-corrected chi connectivity index (χ4v) is 6.51. The molecule has 1 aliphatic heterocycles. The van der Waals surface area contributed by atoms with Crippen molar-refractivity contribution in [2.24, 2.45) is 0 Å². The summed E-state index contributed by atoms with van der Waals surface area (Å²) in [6, 6.07) is -0.796. The number of rotatable bonds is 33. The smallest absolute Gasteiger partial charge is 0.220 e. The van der Waals surface area contributed by atoms with E-state index in [1.165, 1.54) is 122 Å². The van der Waals surface area contributed by atoms with Crippen LogP contribution in [0.25, 0.3) is 0 Å². The molecule has 1 amide bonds. The summed E-state index contributed by atoms with van der Waals surface area (Å²) in [6.45, 7) is 3.75. The number of aliphatic hydroxyl groups excluding tert-OH is 5. The summed E-state index contributed by atoms with van der Waals surface area (Å²) in [5, 5.41) is 53.9. The molecule has 6 N–H and O–H groups in total. The van der Waals surface area contributed by atoms with Crippen molar-refractivity contribution >= 4 is 5.91 Å². The van der Waals surface area contributed by atoms with Gasteiger partial charge < -0.3 is 40.3 Å². The molecule has 1 fully saturated rings. The number of allylic oxidation sites excluding steroid dienone is 1. The zero-order chi connectivity index (χ0) is 36.0. The molecule has 290 valence electrons. The molecule has 0 bridgehead atoms. The molecule has 0 spiro atoms. The predicted molar refractivity (Wildman–Crippen MR) is 198 cm³/mol. The first kappa shape index (κ1) is 46.0. The third-order valence-corrected chi connectivity index (χ3v) is 9.86. The maximum atomic E-state index is 12.9. The molecule has 1 saturated heterocycles. The van der Waals surface area contributed by atoms with Crippen LogP contribution in [0.5, 0.6) is 0 Å². The number of ether oxygens (including phenoxy) is 2. The number of nitrogens with one attached hydrogen (secondary N) is 1. The van der Waals surface area contributed by atoms with E-state index in [2.05, 4.69) is 19.2 Å². The molecule has 9 heteroatoms. The van der Waals surface area contributed by atoms with Gasteiger partial charge in [-0.1, -0.05) is 167 Å². The van der Waals surface area contributed by atoms with E-state index in [4.69, 9.17) is 9.47 Å². The lowest BCUT2D eigenvalue weighted by atomic mass is 9.99. The molecule has 0 aliphatic carbocycles. The van der Waals surface area contributed by atoms with Crippen molar-refractivity contribution in [1.29, 1.82) is 0 Å². The Hall–Kier alpha value is -1.07. The van der Waals surface area contributed by atoms with Crippen molar-refractivity contribution in [3.05, 3.63) is 12.2 Å². The Morgan fingerprint density at radius 3 is 1.59 bits per heavy atom. The summed E-state index contributed by atoms with van der Waals surface area (Å²) >= 11 is 0. The Labute approximate surface area is 299 Å². The van der Waals surface area contributed by atoms with Crippen LogP contribution >= 0.6 is 0 Å². The van der Waals surface area contributed by atoms with E-state index in [-0.39, 0.29) is 12.5 Å². The number of hydrogen-bond donors (Lipinski definition) is 6. The lowest BCUT2D eigenvalue weighted by molar-refractivity contribution is -0.302. The van der Waals surface area contributed by atoms with Gasteiger partial charge in [0.25, 0.3) is 0 Å². The predicted octanol–water partition coefficient (Wildman–Crippen LogP) is 7.39. The Bertz CT molecular complexity index is 781. The van der Waals surface area contributed by atoms with E-state index in [1.54, 1.807) is 6.08 Å². The molecule has 1 heterocycles. The van der Waals surface area contributed by atoms with Gasteiger partial charge in [-0.2, -0.15) is 0 Å². The second-order valence-corrected chi connectivity index (χ2v) is 14.4. The van der Waals surface area contributed by atoms with Gasteiger partial charge in [-0.25, -0.2) is 0 Å². The topological polar surface area (TPSA) is 149 Å². The standard InChI is InChI=1S/C40H77NO8/c1-3-5-7-9-11-13-15-16-17-18-20-22-24-26-28-30-36(44)41-33(32-48-40-39(47)38(46)37(45)35(31-42)49-40)34(43)29-27-25-23-21-19-14-12-10-8-6-4-2/h27,29,33-35,37-40,42-43,45-47H,3-26,28,30-32H2,1-2H3,(H,41,44)/b29-27-/t33-,34+,35+,37+,38-,39+,40+/m0/s1. The summed E-state index contributed by atoms with van der Waals surface area (Å²) < 4.78 is 11.2. The summed E-state index contributed by atoms with van der Waals surface area (Å²) in [5.41, 5.74) is 0. The molecule has 9 nitrogen and oxygen atoms in total. The van der Waals surface area contributed by atoms with Gasteiger partial charge in [0.1, 0.15) is 24.4 Å². The van der Waals surface area contributed by atoms with Crippen LogP contribution < -0.4 is 5.32 Å². The number of unbranched alkanes of at least 4 members (excludes halogenated alkanes) is 23. The van der Waals surface area contributed by atoms with Gasteiger partial charge in [0.15, 0.2) is 6.29 Å². The average Bonchev–Trinajstić information content (AvgIpc) is 3.10. The Morgan fingerprint density at radius 1 is 0.673 bits per heavy atom. The average molecular weight is 700 g/mol. The van der Waals surface area contributed by atoms with Gasteiger partial charge in [0.05, 0.1) is 25.4 Å². The zero-order valence-electron chi connectivity index (χ0n) is 31.5. The molecule has 7 atom stereocenters. The minimum absolute atomic E-state index is 0.177. The van der Waals surface area contributed by atoms with Crippen molar-refractivity contribution in [3.8, 4) is 0 Å². The van der Waals surface area contributed by atoms with Crippen LogP contribution in [0, 0.1) is 0 Å². The van der Waals surface area contributed by atoms with E-state index in [0.29, 0.717) is 6.42 Å². The van der Waals surface area contributed by atoms with Crippen LogP contribution in [0.2, 0.25) is 0 Å². The lowest BCUT2D eigenvalue weighted by Gasteiger charge is -2.40. The van der Waals surface area contributed by atoms with E-state index in [0.717, 1.165) is 38.5 Å². The second kappa shape index (κ2) is 31.6. The molecule has 0 radical (unpaired) electrons. The third kappa shape index (κ3) is 23.2. The molecule has 1 aliphatic rings. The summed E-state index contributed by atoms with van der Waals surface area (Å²) in [5.74, 6) is -0.177. The number of amides is 1. The number of aliphatic hydroxyl groups is 5. The van der Waals surface area contributed by atoms with Gasteiger partial charge in [0.2, 0.25) is 5.91 Å². The molecular weight excluding hydrogens is 622 g/mol. The fraction of sp³-hybridized carbons (Fsp3) is 0.925. The van der Waals surface area contributed by atoms with Crippen molar-refractivity contribution in [1.82, 2.24) is 5.32 Å².